The van der Waals surface area contributed by atoms with Crippen LogP contribution in [0.25, 0.3) is 12.2 Å². The van der Waals surface area contributed by atoms with E-state index in [9.17, 15) is 0 Å². The first-order valence-corrected chi connectivity index (χ1v) is 11.3. The van der Waals surface area contributed by atoms with Crippen LogP contribution in [0.1, 0.15) is 96.9 Å². The topological polar surface area (TPSA) is 0 Å². The number of benzene rings is 2. The summed E-state index contributed by atoms with van der Waals surface area (Å²) >= 11 is 0. The lowest BCUT2D eigenvalue weighted by molar-refractivity contribution is 0.268. The third-order valence-electron chi connectivity index (χ3n) is 7.73. The third kappa shape index (κ3) is 2.87. The van der Waals surface area contributed by atoms with Crippen molar-refractivity contribution in [3.63, 3.8) is 0 Å². The maximum atomic E-state index is 2.53. The summed E-state index contributed by atoms with van der Waals surface area (Å²) in [4.78, 5) is 0. The first-order valence-electron chi connectivity index (χ1n) is 11.3. The molecule has 29 heavy (non-hydrogen) atoms. The predicted octanol–water partition coefficient (Wildman–Crippen LogP) is 8.43. The zero-order chi connectivity index (χ0) is 21.1. The molecular weight excluding hydrogens is 348 g/mol. The van der Waals surface area contributed by atoms with Crippen LogP contribution < -0.4 is 0 Å². The van der Waals surface area contributed by atoms with Gasteiger partial charge in [0, 0.05) is 11.8 Å². The van der Waals surface area contributed by atoms with E-state index in [4.69, 9.17) is 0 Å². The van der Waals surface area contributed by atoms with E-state index >= 15 is 0 Å². The monoisotopic (exact) mass is 384 g/mol. The maximum absolute atomic E-state index is 2.53. The Kier molecular flexibility index (Phi) is 4.88. The Morgan fingerprint density at radius 3 is 1.31 bits per heavy atom. The molecule has 152 valence electrons. The second-order valence-electron chi connectivity index (χ2n) is 9.89. The molecule has 0 heteroatoms. The molecule has 2 aliphatic rings. The van der Waals surface area contributed by atoms with Crippen LogP contribution in [0.2, 0.25) is 0 Å². The van der Waals surface area contributed by atoms with Crippen molar-refractivity contribution >= 4 is 12.2 Å². The molecule has 2 unspecified atom stereocenters. The van der Waals surface area contributed by atoms with Gasteiger partial charge in [0.2, 0.25) is 0 Å². The van der Waals surface area contributed by atoms with E-state index in [0.717, 1.165) is 12.8 Å². The Morgan fingerprint density at radius 2 is 0.966 bits per heavy atom. The Morgan fingerprint density at radius 1 is 0.621 bits per heavy atom. The van der Waals surface area contributed by atoms with Crippen molar-refractivity contribution in [2.24, 2.45) is 5.41 Å². The van der Waals surface area contributed by atoms with Gasteiger partial charge in [0.25, 0.3) is 0 Å². The van der Waals surface area contributed by atoms with Crippen LogP contribution in [0.5, 0.6) is 0 Å². The summed E-state index contributed by atoms with van der Waals surface area (Å²) in [6, 6.07) is 9.25. The second-order valence-corrected chi connectivity index (χ2v) is 9.89. The number of aryl methyl sites for hydroxylation is 4. The van der Waals surface area contributed by atoms with Crippen molar-refractivity contribution in [3.05, 3.63) is 79.9 Å². The molecular formula is C29H36. The molecule has 0 aliphatic heterocycles. The summed E-state index contributed by atoms with van der Waals surface area (Å²) in [7, 11) is 0. The largest absolute Gasteiger partial charge is 0.0618 e. The normalized spacial score (nSPS) is 20.4. The Balaban J connectivity index is 1.94. The molecule has 0 saturated carbocycles. The van der Waals surface area contributed by atoms with Gasteiger partial charge in [0.1, 0.15) is 0 Å². The average Bonchev–Trinajstić information content (AvgIpc) is 3.28. The minimum absolute atomic E-state index is 0.122. The van der Waals surface area contributed by atoms with Crippen LogP contribution in [-0.4, -0.2) is 0 Å². The molecule has 0 N–H and O–H groups in total. The van der Waals surface area contributed by atoms with Gasteiger partial charge in [0.15, 0.2) is 0 Å². The highest BCUT2D eigenvalue weighted by molar-refractivity contribution is 5.74. The fraction of sp³-hybridized carbons (Fsp3) is 0.448. The summed E-state index contributed by atoms with van der Waals surface area (Å²) in [6.07, 6.45) is 7.27. The molecule has 0 nitrogen and oxygen atoms in total. The van der Waals surface area contributed by atoms with Crippen molar-refractivity contribution in [2.45, 2.75) is 80.1 Å². The van der Waals surface area contributed by atoms with Gasteiger partial charge < -0.3 is 0 Å². The lowest BCUT2D eigenvalue weighted by Crippen LogP contribution is -2.31. The molecule has 0 spiro atoms. The van der Waals surface area contributed by atoms with E-state index in [1.807, 2.05) is 0 Å². The van der Waals surface area contributed by atoms with Crippen LogP contribution in [-0.2, 0) is 0 Å². The first-order chi connectivity index (χ1) is 13.7. The van der Waals surface area contributed by atoms with Gasteiger partial charge in [0.05, 0.1) is 0 Å². The van der Waals surface area contributed by atoms with Crippen molar-refractivity contribution in [1.29, 1.82) is 0 Å². The highest BCUT2D eigenvalue weighted by Gasteiger charge is 2.47. The van der Waals surface area contributed by atoms with Crippen molar-refractivity contribution in [3.8, 4) is 0 Å². The van der Waals surface area contributed by atoms with Crippen LogP contribution >= 0.6 is 0 Å². The molecule has 2 aromatic carbocycles. The number of fused-ring (bicyclic) bond motifs is 2. The molecule has 0 bridgehead atoms. The molecule has 0 amide bonds. The van der Waals surface area contributed by atoms with E-state index < -0.39 is 0 Å². The standard InChI is InChI=1S/C29H36/c1-9-21-15-23-17(3)11-13-19(5)25(23)27(21)29(7,8)28-22(10-2)16-24-18(4)12-14-20(6)26(24)28/h11-16,27-28H,9-10H2,1-8H3. The van der Waals surface area contributed by atoms with Gasteiger partial charge in [-0.15, -0.1) is 0 Å². The SMILES string of the molecule is CCC1=Cc2c(C)ccc(C)c2C1C(C)(C)C1C(CC)=Cc2c(C)ccc(C)c21. The minimum Gasteiger partial charge on any atom is -0.0618 e. The van der Waals surface area contributed by atoms with Crippen molar-refractivity contribution in [2.75, 3.05) is 0 Å². The highest BCUT2D eigenvalue weighted by Crippen LogP contribution is 2.60. The number of allylic oxidation sites excluding steroid dienone is 2. The number of hydrogen-bond donors (Lipinski definition) is 0. The van der Waals surface area contributed by atoms with E-state index in [0.29, 0.717) is 11.8 Å². The van der Waals surface area contributed by atoms with E-state index in [-0.39, 0.29) is 5.41 Å². The lowest BCUT2D eigenvalue weighted by Gasteiger charge is -2.42. The first kappa shape index (κ1) is 20.2. The number of rotatable bonds is 4. The molecule has 2 aromatic rings. The molecule has 0 radical (unpaired) electrons. The summed E-state index contributed by atoms with van der Waals surface area (Å²) in [5, 5.41) is 0. The second kappa shape index (κ2) is 7.01. The molecule has 2 aliphatic carbocycles. The van der Waals surface area contributed by atoms with Crippen LogP contribution in [0, 0.1) is 33.1 Å². The van der Waals surface area contributed by atoms with Gasteiger partial charge in [-0.1, -0.05) is 75.3 Å². The average molecular weight is 385 g/mol. The van der Waals surface area contributed by atoms with Crippen molar-refractivity contribution < 1.29 is 0 Å². The fourth-order valence-electron chi connectivity index (χ4n) is 6.25. The summed E-state index contributed by atoms with van der Waals surface area (Å²) < 4.78 is 0. The lowest BCUT2D eigenvalue weighted by atomic mass is 9.61. The number of hydrogen-bond acceptors (Lipinski definition) is 0. The zero-order valence-corrected chi connectivity index (χ0v) is 19.5. The van der Waals surface area contributed by atoms with Crippen molar-refractivity contribution in [1.82, 2.24) is 0 Å². The van der Waals surface area contributed by atoms with Gasteiger partial charge in [-0.2, -0.15) is 0 Å². The zero-order valence-electron chi connectivity index (χ0n) is 19.5. The molecule has 4 rings (SSSR count). The molecule has 0 saturated heterocycles. The highest BCUT2D eigenvalue weighted by atomic mass is 14.5. The quantitative estimate of drug-likeness (QED) is 0.496. The van der Waals surface area contributed by atoms with Crippen LogP contribution in [0.3, 0.4) is 0 Å². The maximum Gasteiger partial charge on any atom is 0.0120 e. The fourth-order valence-corrected chi connectivity index (χ4v) is 6.25. The predicted molar refractivity (Wildman–Crippen MR) is 128 cm³/mol. The van der Waals surface area contributed by atoms with Gasteiger partial charge >= 0.3 is 0 Å². The smallest absolute Gasteiger partial charge is 0.0120 e. The van der Waals surface area contributed by atoms with Gasteiger partial charge in [-0.05, 0) is 90.5 Å². The van der Waals surface area contributed by atoms with Gasteiger partial charge in [-0.25, -0.2) is 0 Å². The minimum atomic E-state index is 0.122. The molecule has 0 fully saturated rings. The molecule has 0 heterocycles. The van der Waals surface area contributed by atoms with E-state index in [1.165, 1.54) is 33.4 Å². The molecule has 2 atom stereocenters. The summed E-state index contributed by atoms with van der Waals surface area (Å²) in [5.41, 5.74) is 15.2. The van der Waals surface area contributed by atoms with Crippen LogP contribution in [0.15, 0.2) is 35.4 Å². The van der Waals surface area contributed by atoms with E-state index in [1.54, 1.807) is 22.3 Å². The Bertz CT molecular complexity index is 959. The summed E-state index contributed by atoms with van der Waals surface area (Å²) in [5.74, 6) is 0.960. The molecule has 0 aromatic heterocycles. The third-order valence-corrected chi connectivity index (χ3v) is 7.73. The van der Waals surface area contributed by atoms with E-state index in [2.05, 4.69) is 91.8 Å². The van der Waals surface area contributed by atoms with Gasteiger partial charge in [-0.3, -0.25) is 0 Å². The Labute approximate surface area is 177 Å². The van der Waals surface area contributed by atoms with Crippen LogP contribution in [0.4, 0.5) is 0 Å². The summed E-state index contributed by atoms with van der Waals surface area (Å²) in [6.45, 7) is 18.9. The Hall–Kier alpha value is -2.08.